The Bertz CT molecular complexity index is 230. The minimum Gasteiger partial charge on any atom is -0.391 e. The summed E-state index contributed by atoms with van der Waals surface area (Å²) in [5.74, 6) is 0. The van der Waals surface area contributed by atoms with Gasteiger partial charge in [-0.25, -0.2) is 0 Å². The lowest BCUT2D eigenvalue weighted by Gasteiger charge is -2.14. The topological polar surface area (TPSA) is 38.0 Å². The van der Waals surface area contributed by atoms with Crippen molar-refractivity contribution in [2.75, 3.05) is 0 Å². The number of rotatable bonds is 2. The monoisotopic (exact) mass is 154 g/mol. The van der Waals surface area contributed by atoms with Gasteiger partial charge < -0.3 is 5.11 Å². The Kier molecular flexibility index (Phi) is 2.29. The van der Waals surface area contributed by atoms with Gasteiger partial charge in [-0.2, -0.15) is 5.10 Å². The predicted molar refractivity (Wildman–Crippen MR) is 43.4 cm³/mol. The van der Waals surface area contributed by atoms with Crippen LogP contribution in [0.15, 0.2) is 12.3 Å². The van der Waals surface area contributed by atoms with Crippen LogP contribution in [0.3, 0.4) is 0 Å². The molecule has 0 saturated heterocycles. The van der Waals surface area contributed by atoms with Crippen molar-refractivity contribution in [3.63, 3.8) is 0 Å². The smallest absolute Gasteiger partial charge is 0.0747 e. The molecular formula is C8H14N2O. The van der Waals surface area contributed by atoms with Crippen molar-refractivity contribution >= 4 is 0 Å². The first kappa shape index (κ1) is 8.27. The van der Waals surface area contributed by atoms with E-state index in [4.69, 9.17) is 0 Å². The molecule has 0 spiro atoms. The zero-order valence-corrected chi connectivity index (χ0v) is 7.15. The molecule has 1 N–H and O–H groups in total. The second kappa shape index (κ2) is 3.05. The number of aryl methyl sites for hydroxylation is 1. The molecule has 3 nitrogen and oxygen atoms in total. The molecule has 0 aliphatic rings. The first-order chi connectivity index (χ1) is 5.11. The van der Waals surface area contributed by atoms with Crippen LogP contribution in [0.2, 0.25) is 0 Å². The van der Waals surface area contributed by atoms with Crippen LogP contribution in [0.5, 0.6) is 0 Å². The molecule has 0 bridgehead atoms. The van der Waals surface area contributed by atoms with Gasteiger partial charge in [0.15, 0.2) is 0 Å². The highest BCUT2D eigenvalue weighted by Crippen LogP contribution is 2.09. The highest BCUT2D eigenvalue weighted by molar-refractivity contribution is 4.96. The van der Waals surface area contributed by atoms with E-state index < -0.39 is 0 Å². The Balaban J connectivity index is 2.76. The Morgan fingerprint density at radius 1 is 1.55 bits per heavy atom. The van der Waals surface area contributed by atoms with Crippen molar-refractivity contribution < 1.29 is 5.11 Å². The van der Waals surface area contributed by atoms with Gasteiger partial charge in [-0.15, -0.1) is 0 Å². The molecule has 1 rings (SSSR count). The summed E-state index contributed by atoms with van der Waals surface area (Å²) in [5.41, 5.74) is 0.984. The lowest BCUT2D eigenvalue weighted by atomic mass is 10.2. The number of aliphatic hydroxyl groups excluding tert-OH is 1. The lowest BCUT2D eigenvalue weighted by molar-refractivity contribution is 0.132. The minimum atomic E-state index is -0.353. The third-order valence-electron chi connectivity index (χ3n) is 1.86. The van der Waals surface area contributed by atoms with E-state index in [1.807, 2.05) is 26.1 Å². The average Bonchev–Trinajstić information content (AvgIpc) is 2.34. The van der Waals surface area contributed by atoms with E-state index in [2.05, 4.69) is 5.10 Å². The summed E-state index contributed by atoms with van der Waals surface area (Å²) >= 11 is 0. The van der Waals surface area contributed by atoms with Crippen molar-refractivity contribution in [2.45, 2.75) is 32.9 Å². The maximum atomic E-state index is 9.22. The Labute approximate surface area is 66.7 Å². The van der Waals surface area contributed by atoms with Gasteiger partial charge in [-0.3, -0.25) is 4.68 Å². The average molecular weight is 154 g/mol. The van der Waals surface area contributed by atoms with Crippen molar-refractivity contribution in [2.24, 2.45) is 0 Å². The van der Waals surface area contributed by atoms with E-state index in [0.29, 0.717) is 0 Å². The fourth-order valence-electron chi connectivity index (χ4n) is 0.881. The summed E-state index contributed by atoms with van der Waals surface area (Å²) in [6.07, 6.45) is 1.53. The van der Waals surface area contributed by atoms with Crippen molar-refractivity contribution in [3.05, 3.63) is 18.0 Å². The predicted octanol–water partition coefficient (Wildman–Crippen LogP) is 1.13. The zero-order valence-electron chi connectivity index (χ0n) is 7.15. The first-order valence-electron chi connectivity index (χ1n) is 3.81. The number of nitrogens with zero attached hydrogens (tertiary/aromatic N) is 2. The van der Waals surface area contributed by atoms with Crippen molar-refractivity contribution in [1.29, 1.82) is 0 Å². The van der Waals surface area contributed by atoms with Gasteiger partial charge in [0.25, 0.3) is 0 Å². The molecular weight excluding hydrogens is 140 g/mol. The van der Waals surface area contributed by atoms with Crippen LogP contribution < -0.4 is 0 Å². The third-order valence-corrected chi connectivity index (χ3v) is 1.86. The molecule has 2 atom stereocenters. The number of aromatic nitrogens is 2. The van der Waals surface area contributed by atoms with Crippen LogP contribution in [0.1, 0.15) is 25.6 Å². The highest BCUT2D eigenvalue weighted by atomic mass is 16.3. The van der Waals surface area contributed by atoms with Crippen LogP contribution >= 0.6 is 0 Å². The first-order valence-corrected chi connectivity index (χ1v) is 3.81. The molecule has 0 radical (unpaired) electrons. The summed E-state index contributed by atoms with van der Waals surface area (Å²) in [6, 6.07) is 1.99. The Hall–Kier alpha value is -0.830. The standard InChI is InChI=1S/C8H14N2O/c1-6-4-5-10(9-6)7(2)8(3)11/h4-5,7-8,11H,1-3H3/t7-,8-/m1/s1. The van der Waals surface area contributed by atoms with E-state index in [1.165, 1.54) is 0 Å². The largest absolute Gasteiger partial charge is 0.391 e. The second-order valence-electron chi connectivity index (χ2n) is 2.92. The van der Waals surface area contributed by atoms with E-state index in [0.717, 1.165) is 5.69 Å². The number of aliphatic hydroxyl groups is 1. The third kappa shape index (κ3) is 1.80. The van der Waals surface area contributed by atoms with Crippen LogP contribution in [0.25, 0.3) is 0 Å². The van der Waals surface area contributed by atoms with E-state index >= 15 is 0 Å². The summed E-state index contributed by atoms with van der Waals surface area (Å²) in [5, 5.41) is 13.4. The molecule has 62 valence electrons. The fraction of sp³-hybridized carbons (Fsp3) is 0.625. The molecule has 1 aromatic rings. The number of hydrogen-bond acceptors (Lipinski definition) is 2. The van der Waals surface area contributed by atoms with Crippen LogP contribution in [0, 0.1) is 6.92 Å². The van der Waals surface area contributed by atoms with Gasteiger partial charge in [0.2, 0.25) is 0 Å². The molecule has 11 heavy (non-hydrogen) atoms. The fourth-order valence-corrected chi connectivity index (χ4v) is 0.881. The Morgan fingerprint density at radius 2 is 2.18 bits per heavy atom. The van der Waals surface area contributed by atoms with E-state index in [1.54, 1.807) is 11.6 Å². The molecule has 1 aromatic heterocycles. The Morgan fingerprint density at radius 3 is 2.55 bits per heavy atom. The molecule has 0 aromatic carbocycles. The number of hydrogen-bond donors (Lipinski definition) is 1. The molecule has 0 aliphatic heterocycles. The lowest BCUT2D eigenvalue weighted by Crippen LogP contribution is -2.18. The zero-order chi connectivity index (χ0) is 8.43. The van der Waals surface area contributed by atoms with Gasteiger partial charge in [-0.1, -0.05) is 0 Å². The summed E-state index contributed by atoms with van der Waals surface area (Å²) < 4.78 is 1.78. The van der Waals surface area contributed by atoms with Gasteiger partial charge in [-0.05, 0) is 26.8 Å². The van der Waals surface area contributed by atoms with Crippen molar-refractivity contribution in [1.82, 2.24) is 9.78 Å². The van der Waals surface area contributed by atoms with Crippen LogP contribution in [0.4, 0.5) is 0 Å². The van der Waals surface area contributed by atoms with Gasteiger partial charge in [0.1, 0.15) is 0 Å². The molecule has 0 amide bonds. The molecule has 0 saturated carbocycles. The maximum Gasteiger partial charge on any atom is 0.0747 e. The second-order valence-corrected chi connectivity index (χ2v) is 2.92. The summed E-state index contributed by atoms with van der Waals surface area (Å²) in [4.78, 5) is 0. The molecule has 0 unspecified atom stereocenters. The van der Waals surface area contributed by atoms with Gasteiger partial charge >= 0.3 is 0 Å². The summed E-state index contributed by atoms with van der Waals surface area (Å²) in [7, 11) is 0. The summed E-state index contributed by atoms with van der Waals surface area (Å²) in [6.45, 7) is 5.64. The van der Waals surface area contributed by atoms with Crippen LogP contribution in [-0.2, 0) is 0 Å². The minimum absolute atomic E-state index is 0.0590. The highest BCUT2D eigenvalue weighted by Gasteiger charge is 2.10. The van der Waals surface area contributed by atoms with Crippen LogP contribution in [-0.4, -0.2) is 21.0 Å². The molecule has 0 aliphatic carbocycles. The quantitative estimate of drug-likeness (QED) is 0.693. The maximum absolute atomic E-state index is 9.22. The molecule has 0 fully saturated rings. The van der Waals surface area contributed by atoms with Gasteiger partial charge in [0.05, 0.1) is 17.8 Å². The van der Waals surface area contributed by atoms with Gasteiger partial charge in [0, 0.05) is 6.20 Å². The normalized spacial score (nSPS) is 16.4. The molecule has 1 heterocycles. The van der Waals surface area contributed by atoms with E-state index in [9.17, 15) is 5.11 Å². The SMILES string of the molecule is Cc1ccn([C@H](C)[C@@H](C)O)n1. The molecule has 3 heteroatoms. The van der Waals surface area contributed by atoms with E-state index in [-0.39, 0.29) is 12.1 Å². The van der Waals surface area contributed by atoms with Crippen molar-refractivity contribution in [3.8, 4) is 0 Å².